The van der Waals surface area contributed by atoms with Crippen LogP contribution in [0, 0.1) is 0 Å². The molecule has 1 heteroatoms. The van der Waals surface area contributed by atoms with Crippen LogP contribution in [0.2, 0.25) is 0 Å². The van der Waals surface area contributed by atoms with E-state index in [2.05, 4.69) is 19.7 Å². The van der Waals surface area contributed by atoms with Crippen molar-refractivity contribution in [3.05, 3.63) is 60.9 Å². The van der Waals surface area contributed by atoms with Gasteiger partial charge in [-0.05, 0) is 18.6 Å². The molecule has 0 heterocycles. The van der Waals surface area contributed by atoms with Crippen LogP contribution in [0.4, 0.5) is 0 Å². The van der Waals surface area contributed by atoms with Gasteiger partial charge in [-0.2, -0.15) is 0 Å². The van der Waals surface area contributed by atoms with Crippen molar-refractivity contribution < 1.29 is 5.11 Å². The average molecular weight is 162 g/mol. The zero-order valence-electron chi connectivity index (χ0n) is 7.38. The van der Waals surface area contributed by atoms with Gasteiger partial charge >= 0.3 is 0 Å². The second-order valence-corrected chi connectivity index (χ2v) is 2.16. The second kappa shape index (κ2) is 5.19. The van der Waals surface area contributed by atoms with Crippen molar-refractivity contribution in [1.29, 1.82) is 0 Å². The molecule has 12 heavy (non-hydrogen) atoms. The normalized spacial score (nSPS) is 13.2. The second-order valence-electron chi connectivity index (χ2n) is 2.16. The third-order valence-corrected chi connectivity index (χ3v) is 1.52. The van der Waals surface area contributed by atoms with Crippen LogP contribution in [0.1, 0.15) is 6.92 Å². The highest BCUT2D eigenvalue weighted by Gasteiger charge is 2.00. The lowest BCUT2D eigenvalue weighted by molar-refractivity contribution is 0.429. The van der Waals surface area contributed by atoms with Crippen LogP contribution in [-0.4, -0.2) is 5.11 Å². The maximum atomic E-state index is 9.35. The van der Waals surface area contributed by atoms with E-state index in [1.54, 1.807) is 12.2 Å². The van der Waals surface area contributed by atoms with E-state index in [0.29, 0.717) is 5.57 Å². The maximum Gasteiger partial charge on any atom is 0.122 e. The Morgan fingerprint density at radius 1 is 1.08 bits per heavy atom. The molecule has 1 nitrogen and oxygen atoms in total. The molecule has 0 amide bonds. The third-order valence-electron chi connectivity index (χ3n) is 1.52. The molecule has 0 unspecified atom stereocenters. The van der Waals surface area contributed by atoms with Crippen LogP contribution in [0.25, 0.3) is 0 Å². The van der Waals surface area contributed by atoms with E-state index in [1.165, 1.54) is 6.08 Å². The summed E-state index contributed by atoms with van der Waals surface area (Å²) in [7, 11) is 0. The lowest BCUT2D eigenvalue weighted by atomic mass is 10.0. The Balaban J connectivity index is 5.16. The summed E-state index contributed by atoms with van der Waals surface area (Å²) in [6.07, 6.45) is 6.47. The van der Waals surface area contributed by atoms with Crippen molar-refractivity contribution in [2.45, 2.75) is 6.92 Å². The lowest BCUT2D eigenvalue weighted by Gasteiger charge is -2.03. The maximum absolute atomic E-state index is 9.35. The molecule has 0 spiro atoms. The molecule has 0 aromatic rings. The van der Waals surface area contributed by atoms with Crippen LogP contribution in [0.15, 0.2) is 60.9 Å². The van der Waals surface area contributed by atoms with E-state index in [0.717, 1.165) is 5.57 Å². The van der Waals surface area contributed by atoms with Gasteiger partial charge in [0.25, 0.3) is 0 Å². The summed E-state index contributed by atoms with van der Waals surface area (Å²) < 4.78 is 0. The topological polar surface area (TPSA) is 20.2 Å². The van der Waals surface area contributed by atoms with Crippen LogP contribution < -0.4 is 0 Å². The molecule has 0 atom stereocenters. The zero-order chi connectivity index (χ0) is 9.56. The fraction of sp³-hybridized carbons (Fsp3) is 0.0909. The number of hydrogen-bond acceptors (Lipinski definition) is 1. The molecule has 0 aliphatic rings. The first kappa shape index (κ1) is 10.5. The van der Waals surface area contributed by atoms with Crippen LogP contribution in [-0.2, 0) is 0 Å². The Morgan fingerprint density at radius 2 is 1.67 bits per heavy atom. The highest BCUT2D eigenvalue weighted by molar-refractivity contribution is 5.48. The van der Waals surface area contributed by atoms with Crippen molar-refractivity contribution >= 4 is 0 Å². The number of aliphatic hydroxyl groups excluding tert-OH is 1. The number of rotatable bonds is 4. The van der Waals surface area contributed by atoms with E-state index in [4.69, 9.17) is 0 Å². The minimum absolute atomic E-state index is 0.123. The van der Waals surface area contributed by atoms with E-state index in [-0.39, 0.29) is 5.76 Å². The first-order chi connectivity index (χ1) is 5.71. The number of aliphatic hydroxyl groups is 1. The Bertz CT molecular complexity index is 254. The van der Waals surface area contributed by atoms with Gasteiger partial charge in [0.15, 0.2) is 0 Å². The number of hydrogen-bond donors (Lipinski definition) is 1. The molecule has 0 aliphatic heterocycles. The summed E-state index contributed by atoms with van der Waals surface area (Å²) >= 11 is 0. The first-order valence-electron chi connectivity index (χ1n) is 3.68. The summed E-state index contributed by atoms with van der Waals surface area (Å²) in [5.41, 5.74) is 1.50. The molecule has 0 bridgehead atoms. The van der Waals surface area contributed by atoms with Gasteiger partial charge in [-0.25, -0.2) is 0 Å². The van der Waals surface area contributed by atoms with Crippen molar-refractivity contribution in [3.63, 3.8) is 0 Å². The molecular weight excluding hydrogens is 148 g/mol. The quantitative estimate of drug-likeness (QED) is 0.496. The summed E-state index contributed by atoms with van der Waals surface area (Å²) in [5.74, 6) is 0.123. The molecule has 0 rings (SSSR count). The minimum Gasteiger partial charge on any atom is -0.507 e. The third kappa shape index (κ3) is 2.27. The molecule has 0 saturated heterocycles. The van der Waals surface area contributed by atoms with Crippen LogP contribution >= 0.6 is 0 Å². The summed E-state index contributed by atoms with van der Waals surface area (Å²) in [4.78, 5) is 0. The molecule has 0 aliphatic carbocycles. The van der Waals surface area contributed by atoms with E-state index >= 15 is 0 Å². The fourth-order valence-electron chi connectivity index (χ4n) is 0.864. The molecule has 0 aromatic carbocycles. The van der Waals surface area contributed by atoms with Gasteiger partial charge in [-0.15, -0.1) is 0 Å². The average Bonchev–Trinajstić information content (AvgIpc) is 2.12. The van der Waals surface area contributed by atoms with Gasteiger partial charge in [0.05, 0.1) is 0 Å². The predicted octanol–water partition coefficient (Wildman–Crippen LogP) is 3.30. The highest BCUT2D eigenvalue weighted by Crippen LogP contribution is 2.15. The SMILES string of the molecule is C=CC(=C/C)/C(C=C)=C(/O)C=C. The zero-order valence-corrected chi connectivity index (χ0v) is 7.38. The molecular formula is C11H14O. The molecule has 0 radical (unpaired) electrons. The largest absolute Gasteiger partial charge is 0.507 e. The Hall–Kier alpha value is -1.50. The van der Waals surface area contributed by atoms with Gasteiger partial charge in [0.2, 0.25) is 0 Å². The van der Waals surface area contributed by atoms with E-state index < -0.39 is 0 Å². The predicted molar refractivity (Wildman–Crippen MR) is 54.0 cm³/mol. The van der Waals surface area contributed by atoms with E-state index in [1.807, 2.05) is 13.0 Å². The van der Waals surface area contributed by atoms with Crippen molar-refractivity contribution in [1.82, 2.24) is 0 Å². The van der Waals surface area contributed by atoms with Crippen molar-refractivity contribution in [3.8, 4) is 0 Å². The molecule has 64 valence electrons. The summed E-state index contributed by atoms with van der Waals surface area (Å²) in [6.45, 7) is 12.5. The van der Waals surface area contributed by atoms with E-state index in [9.17, 15) is 5.11 Å². The van der Waals surface area contributed by atoms with Gasteiger partial charge in [0, 0.05) is 5.57 Å². The smallest absolute Gasteiger partial charge is 0.122 e. The highest BCUT2D eigenvalue weighted by atomic mass is 16.3. The van der Waals surface area contributed by atoms with Crippen LogP contribution in [0.5, 0.6) is 0 Å². The summed E-state index contributed by atoms with van der Waals surface area (Å²) in [5, 5.41) is 9.35. The van der Waals surface area contributed by atoms with Crippen molar-refractivity contribution in [2.75, 3.05) is 0 Å². The van der Waals surface area contributed by atoms with Gasteiger partial charge in [-0.1, -0.05) is 38.0 Å². The number of allylic oxidation sites excluding steroid dienone is 6. The van der Waals surface area contributed by atoms with Gasteiger partial charge in [0.1, 0.15) is 5.76 Å². The minimum atomic E-state index is 0.123. The first-order valence-corrected chi connectivity index (χ1v) is 3.68. The Morgan fingerprint density at radius 3 is 1.92 bits per heavy atom. The van der Waals surface area contributed by atoms with Crippen LogP contribution in [0.3, 0.4) is 0 Å². The molecule has 0 aromatic heterocycles. The lowest BCUT2D eigenvalue weighted by Crippen LogP contribution is -1.87. The molecule has 0 saturated carbocycles. The fourth-order valence-corrected chi connectivity index (χ4v) is 0.864. The standard InChI is InChI=1S/C11H14O/c1-5-9(6-2)10(7-3)11(12)8-4/h5-8,12H,1,3-4H2,2H3/b9-6-,11-10+. The van der Waals surface area contributed by atoms with Gasteiger partial charge < -0.3 is 5.11 Å². The Labute approximate surface area is 73.7 Å². The molecule has 0 fully saturated rings. The Kier molecular flexibility index (Phi) is 4.54. The van der Waals surface area contributed by atoms with Gasteiger partial charge in [-0.3, -0.25) is 0 Å². The summed E-state index contributed by atoms with van der Waals surface area (Å²) in [6, 6.07) is 0. The monoisotopic (exact) mass is 162 g/mol. The molecule has 1 N–H and O–H groups in total. The van der Waals surface area contributed by atoms with Crippen molar-refractivity contribution in [2.24, 2.45) is 0 Å².